The minimum Gasteiger partial charge on any atom is -0.299 e. The van der Waals surface area contributed by atoms with Crippen LogP contribution in [0.25, 0.3) is 0 Å². The van der Waals surface area contributed by atoms with Gasteiger partial charge in [-0.1, -0.05) is 11.6 Å². The molecule has 0 N–H and O–H groups in total. The van der Waals surface area contributed by atoms with Crippen LogP contribution < -0.4 is 0 Å². The first kappa shape index (κ1) is 13.3. The SMILES string of the molecule is CC(C1CC1)N(C)Cc1cc([N+](=O)[O-])ccc1Cl. The molecule has 98 valence electrons. The summed E-state index contributed by atoms with van der Waals surface area (Å²) < 4.78 is 0. The van der Waals surface area contributed by atoms with Gasteiger partial charge in [-0.2, -0.15) is 0 Å². The predicted octanol–water partition coefficient (Wildman–Crippen LogP) is 3.48. The molecule has 0 bridgehead atoms. The van der Waals surface area contributed by atoms with E-state index in [4.69, 9.17) is 11.6 Å². The Bertz CT molecular complexity index is 460. The molecule has 0 aliphatic heterocycles. The molecular weight excluding hydrogens is 252 g/mol. The van der Waals surface area contributed by atoms with Gasteiger partial charge in [-0.15, -0.1) is 0 Å². The molecule has 5 heteroatoms. The van der Waals surface area contributed by atoms with E-state index in [2.05, 4.69) is 11.8 Å². The summed E-state index contributed by atoms with van der Waals surface area (Å²) in [6, 6.07) is 5.11. The Morgan fingerprint density at radius 3 is 2.78 bits per heavy atom. The van der Waals surface area contributed by atoms with E-state index in [1.54, 1.807) is 12.1 Å². The molecule has 18 heavy (non-hydrogen) atoms. The third-order valence-electron chi connectivity index (χ3n) is 3.66. The fourth-order valence-electron chi connectivity index (χ4n) is 2.15. The zero-order valence-corrected chi connectivity index (χ0v) is 11.4. The highest BCUT2D eigenvalue weighted by atomic mass is 35.5. The summed E-state index contributed by atoms with van der Waals surface area (Å²) in [5.74, 6) is 0.771. The molecule has 0 heterocycles. The van der Waals surface area contributed by atoms with Crippen LogP contribution in [-0.2, 0) is 6.54 Å². The molecule has 0 spiro atoms. The van der Waals surface area contributed by atoms with E-state index in [-0.39, 0.29) is 10.6 Å². The Kier molecular flexibility index (Phi) is 3.88. The highest BCUT2D eigenvalue weighted by Gasteiger charge is 2.30. The first-order chi connectivity index (χ1) is 8.49. The molecule has 1 saturated carbocycles. The number of hydrogen-bond donors (Lipinski definition) is 0. The first-order valence-electron chi connectivity index (χ1n) is 6.12. The van der Waals surface area contributed by atoms with Crippen molar-refractivity contribution in [1.29, 1.82) is 0 Å². The summed E-state index contributed by atoms with van der Waals surface area (Å²) >= 11 is 6.10. The van der Waals surface area contributed by atoms with Crippen LogP contribution >= 0.6 is 11.6 Å². The van der Waals surface area contributed by atoms with Crippen LogP contribution in [0.1, 0.15) is 25.3 Å². The summed E-state index contributed by atoms with van der Waals surface area (Å²) in [4.78, 5) is 12.6. The summed E-state index contributed by atoms with van der Waals surface area (Å²) in [6.07, 6.45) is 2.57. The molecule has 1 aromatic rings. The number of nitro groups is 1. The van der Waals surface area contributed by atoms with Crippen molar-refractivity contribution in [3.05, 3.63) is 38.9 Å². The normalized spacial score (nSPS) is 16.9. The highest BCUT2D eigenvalue weighted by molar-refractivity contribution is 6.31. The Morgan fingerprint density at radius 2 is 2.22 bits per heavy atom. The molecule has 0 aromatic heterocycles. The third-order valence-corrected chi connectivity index (χ3v) is 4.03. The van der Waals surface area contributed by atoms with Crippen LogP contribution in [0.4, 0.5) is 5.69 Å². The summed E-state index contributed by atoms with van der Waals surface area (Å²) in [7, 11) is 2.04. The quantitative estimate of drug-likeness (QED) is 0.607. The molecular formula is C13H17ClN2O2. The van der Waals surface area contributed by atoms with E-state index in [1.807, 2.05) is 7.05 Å². The second-order valence-electron chi connectivity index (χ2n) is 5.03. The fourth-order valence-corrected chi connectivity index (χ4v) is 2.32. The minimum atomic E-state index is -0.385. The van der Waals surface area contributed by atoms with Crippen molar-refractivity contribution in [2.45, 2.75) is 32.4 Å². The molecule has 0 saturated heterocycles. The van der Waals surface area contributed by atoms with E-state index in [0.717, 1.165) is 11.5 Å². The number of non-ortho nitro benzene ring substituents is 1. The highest BCUT2D eigenvalue weighted by Crippen LogP contribution is 2.35. The average molecular weight is 269 g/mol. The summed E-state index contributed by atoms with van der Waals surface area (Å²) in [5.41, 5.74) is 0.919. The maximum Gasteiger partial charge on any atom is 0.269 e. The number of halogens is 1. The standard InChI is InChI=1S/C13H17ClN2O2/c1-9(10-3-4-10)15(2)8-11-7-12(16(17)18)5-6-13(11)14/h5-7,9-10H,3-4,8H2,1-2H3. The van der Waals surface area contributed by atoms with Crippen LogP contribution in [0.2, 0.25) is 5.02 Å². The van der Waals surface area contributed by atoms with Gasteiger partial charge in [0, 0.05) is 29.7 Å². The van der Waals surface area contributed by atoms with Gasteiger partial charge < -0.3 is 0 Å². The second-order valence-corrected chi connectivity index (χ2v) is 5.43. The topological polar surface area (TPSA) is 46.4 Å². The van der Waals surface area contributed by atoms with Crippen LogP contribution in [0.15, 0.2) is 18.2 Å². The van der Waals surface area contributed by atoms with Gasteiger partial charge in [0.1, 0.15) is 0 Å². The van der Waals surface area contributed by atoms with Gasteiger partial charge in [-0.05, 0) is 44.4 Å². The Hall–Kier alpha value is -1.13. The Balaban J connectivity index is 2.11. The lowest BCUT2D eigenvalue weighted by molar-refractivity contribution is -0.384. The van der Waals surface area contributed by atoms with Crippen molar-refractivity contribution < 1.29 is 4.92 Å². The van der Waals surface area contributed by atoms with Gasteiger partial charge in [0.05, 0.1) is 4.92 Å². The van der Waals surface area contributed by atoms with Gasteiger partial charge in [-0.3, -0.25) is 15.0 Å². The number of benzene rings is 1. The van der Waals surface area contributed by atoms with E-state index in [9.17, 15) is 10.1 Å². The molecule has 0 radical (unpaired) electrons. The molecule has 1 aliphatic carbocycles. The lowest BCUT2D eigenvalue weighted by Crippen LogP contribution is -2.30. The molecule has 0 amide bonds. The van der Waals surface area contributed by atoms with E-state index < -0.39 is 0 Å². The molecule has 1 aromatic carbocycles. The van der Waals surface area contributed by atoms with Crippen molar-refractivity contribution in [3.8, 4) is 0 Å². The van der Waals surface area contributed by atoms with E-state index >= 15 is 0 Å². The minimum absolute atomic E-state index is 0.0990. The first-order valence-corrected chi connectivity index (χ1v) is 6.50. The van der Waals surface area contributed by atoms with Crippen LogP contribution in [0.3, 0.4) is 0 Å². The third kappa shape index (κ3) is 3.00. The van der Waals surface area contributed by atoms with Gasteiger partial charge >= 0.3 is 0 Å². The largest absolute Gasteiger partial charge is 0.299 e. The lowest BCUT2D eigenvalue weighted by atomic mass is 10.1. The number of nitrogens with zero attached hydrogens (tertiary/aromatic N) is 2. The second kappa shape index (κ2) is 5.24. The van der Waals surface area contributed by atoms with Crippen molar-refractivity contribution in [3.63, 3.8) is 0 Å². The Morgan fingerprint density at radius 1 is 1.56 bits per heavy atom. The van der Waals surface area contributed by atoms with E-state index in [1.165, 1.54) is 18.9 Å². The van der Waals surface area contributed by atoms with Crippen molar-refractivity contribution in [2.75, 3.05) is 7.05 Å². The molecule has 2 rings (SSSR count). The maximum atomic E-state index is 10.8. The molecule has 1 fully saturated rings. The van der Waals surface area contributed by atoms with Crippen LogP contribution in [0, 0.1) is 16.0 Å². The van der Waals surface area contributed by atoms with Gasteiger partial charge in [0.25, 0.3) is 5.69 Å². The fraction of sp³-hybridized carbons (Fsp3) is 0.538. The number of hydrogen-bond acceptors (Lipinski definition) is 3. The van der Waals surface area contributed by atoms with Gasteiger partial charge in [0.15, 0.2) is 0 Å². The van der Waals surface area contributed by atoms with Crippen molar-refractivity contribution in [1.82, 2.24) is 4.90 Å². The Labute approximate surface area is 112 Å². The molecule has 1 unspecified atom stereocenters. The molecule has 1 atom stereocenters. The average Bonchev–Trinajstić information content (AvgIpc) is 3.14. The number of rotatable bonds is 5. The smallest absolute Gasteiger partial charge is 0.269 e. The van der Waals surface area contributed by atoms with Crippen LogP contribution in [0.5, 0.6) is 0 Å². The zero-order valence-electron chi connectivity index (χ0n) is 10.6. The molecule has 1 aliphatic rings. The van der Waals surface area contributed by atoms with E-state index in [0.29, 0.717) is 17.6 Å². The zero-order chi connectivity index (χ0) is 13.3. The maximum absolute atomic E-state index is 10.8. The van der Waals surface area contributed by atoms with Gasteiger partial charge in [0.2, 0.25) is 0 Å². The lowest BCUT2D eigenvalue weighted by Gasteiger charge is -2.24. The van der Waals surface area contributed by atoms with Crippen molar-refractivity contribution in [2.24, 2.45) is 5.92 Å². The van der Waals surface area contributed by atoms with Crippen molar-refractivity contribution >= 4 is 17.3 Å². The predicted molar refractivity (Wildman–Crippen MR) is 71.8 cm³/mol. The number of nitro benzene ring substituents is 1. The van der Waals surface area contributed by atoms with Crippen LogP contribution in [-0.4, -0.2) is 22.9 Å². The molecule has 4 nitrogen and oxygen atoms in total. The summed E-state index contributed by atoms with van der Waals surface area (Å²) in [5, 5.41) is 11.3. The monoisotopic (exact) mass is 268 g/mol. The van der Waals surface area contributed by atoms with Gasteiger partial charge in [-0.25, -0.2) is 0 Å². The summed E-state index contributed by atoms with van der Waals surface area (Å²) in [6.45, 7) is 2.85.